The van der Waals surface area contributed by atoms with E-state index in [0.29, 0.717) is 11.1 Å². The van der Waals surface area contributed by atoms with Crippen molar-refractivity contribution in [1.29, 1.82) is 0 Å². The van der Waals surface area contributed by atoms with E-state index in [1.807, 2.05) is 5.32 Å². The van der Waals surface area contributed by atoms with Crippen LogP contribution in [0.2, 0.25) is 0 Å². The van der Waals surface area contributed by atoms with Crippen molar-refractivity contribution in [3.05, 3.63) is 94.2 Å². The lowest BCUT2D eigenvalue weighted by Gasteiger charge is -2.24. The topological polar surface area (TPSA) is 63.4 Å². The molecule has 3 aromatic rings. The summed E-state index contributed by atoms with van der Waals surface area (Å²) in [5.41, 5.74) is -2.24. The van der Waals surface area contributed by atoms with Gasteiger partial charge in [0.25, 0.3) is 11.7 Å². The van der Waals surface area contributed by atoms with Crippen LogP contribution in [0.3, 0.4) is 0 Å². The highest BCUT2D eigenvalue weighted by atomic mass is 32.1. The normalized spacial score (nSPS) is 18.7. The van der Waals surface area contributed by atoms with E-state index >= 15 is 0 Å². The molecule has 9 heteroatoms. The summed E-state index contributed by atoms with van der Waals surface area (Å²) < 4.78 is 43.0. The Kier molecular flexibility index (Phi) is 5.36. The van der Waals surface area contributed by atoms with Crippen molar-refractivity contribution in [1.82, 2.24) is 10.2 Å². The van der Waals surface area contributed by atoms with Gasteiger partial charge in [0.15, 0.2) is 0 Å². The molecule has 5 nitrogen and oxygen atoms in total. The lowest BCUT2D eigenvalue weighted by Crippen LogP contribution is -2.96. The van der Waals surface area contributed by atoms with Crippen LogP contribution < -0.4 is 10.3 Å². The van der Waals surface area contributed by atoms with E-state index in [0.717, 1.165) is 16.2 Å². The minimum absolute atomic E-state index is 0.0294. The molecule has 0 bridgehead atoms. The van der Waals surface area contributed by atoms with Crippen molar-refractivity contribution < 1.29 is 27.8 Å². The molecule has 0 aliphatic carbocycles. The van der Waals surface area contributed by atoms with Gasteiger partial charge < -0.3 is 0 Å². The van der Waals surface area contributed by atoms with Crippen molar-refractivity contribution in [2.45, 2.75) is 18.4 Å². The lowest BCUT2D eigenvalue weighted by molar-refractivity contribution is -0.580. The number of alkyl halides is 3. The highest BCUT2D eigenvalue weighted by Gasteiger charge is 2.72. The number of carbonyl (C=O) groups is 2. The second-order valence-electron chi connectivity index (χ2n) is 6.90. The van der Waals surface area contributed by atoms with Crippen LogP contribution in [0.25, 0.3) is 0 Å². The lowest BCUT2D eigenvalue weighted by atomic mass is 10.1. The van der Waals surface area contributed by atoms with Gasteiger partial charge in [0.2, 0.25) is 0 Å². The summed E-state index contributed by atoms with van der Waals surface area (Å²) in [7, 11) is 0. The van der Waals surface area contributed by atoms with E-state index in [1.54, 1.807) is 72.1 Å². The Bertz CT molecular complexity index is 1120. The standard InChI is InChI=1S/C22H16F3N3O2S/c23-22(24,25)21(27-19(29)17-12-7-13-31-17)20(30)28(14-15-8-3-1-4-9-15)18(26-21)16-10-5-2-6-11-16/h1-13H,14H2,(H,27,29)/p+1/t21-/m0/s1. The van der Waals surface area contributed by atoms with E-state index in [9.17, 15) is 22.8 Å². The monoisotopic (exact) mass is 444 g/mol. The molecule has 0 unspecified atom stereocenters. The van der Waals surface area contributed by atoms with Crippen molar-refractivity contribution in [3.8, 4) is 0 Å². The largest absolute Gasteiger partial charge is 0.465 e. The zero-order valence-electron chi connectivity index (χ0n) is 16.0. The van der Waals surface area contributed by atoms with Gasteiger partial charge in [0, 0.05) is 0 Å². The smallest absolute Gasteiger partial charge is 0.293 e. The second-order valence-corrected chi connectivity index (χ2v) is 7.84. The number of hydrogen-bond donors (Lipinski definition) is 2. The summed E-state index contributed by atoms with van der Waals surface area (Å²) in [5.74, 6) is -2.31. The van der Waals surface area contributed by atoms with E-state index < -0.39 is 23.7 Å². The molecule has 2 amide bonds. The SMILES string of the molecule is O=C(N[C@@]1(C(F)(F)F)[NH+]=C(c2ccccc2)N(Cc2ccccc2)C1=O)c1cccs1. The molecule has 4 rings (SSSR count). The fraction of sp³-hybridized carbons (Fsp3) is 0.136. The number of hydrogen-bond acceptors (Lipinski definition) is 3. The number of nitrogens with zero attached hydrogens (tertiary/aromatic N) is 1. The molecule has 158 valence electrons. The maximum absolute atomic E-state index is 14.3. The molecular weight excluding hydrogens is 427 g/mol. The summed E-state index contributed by atoms with van der Waals surface area (Å²) in [6.07, 6.45) is -5.09. The van der Waals surface area contributed by atoms with Gasteiger partial charge in [-0.3, -0.25) is 10.1 Å². The highest BCUT2D eigenvalue weighted by molar-refractivity contribution is 7.12. The number of halogens is 3. The highest BCUT2D eigenvalue weighted by Crippen LogP contribution is 2.31. The quantitative estimate of drug-likeness (QED) is 0.635. The fourth-order valence-electron chi connectivity index (χ4n) is 3.33. The first kappa shape index (κ1) is 20.8. The van der Waals surface area contributed by atoms with E-state index in [-0.39, 0.29) is 17.3 Å². The number of benzene rings is 2. The zero-order valence-corrected chi connectivity index (χ0v) is 16.8. The summed E-state index contributed by atoms with van der Waals surface area (Å²) in [4.78, 5) is 29.2. The van der Waals surface area contributed by atoms with E-state index in [4.69, 9.17) is 0 Å². The number of nitrogens with one attached hydrogen (secondary N) is 2. The van der Waals surface area contributed by atoms with E-state index in [1.165, 1.54) is 6.07 Å². The Morgan fingerprint density at radius 3 is 2.23 bits per heavy atom. The first-order chi connectivity index (χ1) is 14.8. The molecule has 0 radical (unpaired) electrons. The van der Waals surface area contributed by atoms with Crippen LogP contribution in [0.1, 0.15) is 20.8 Å². The van der Waals surface area contributed by atoms with Crippen LogP contribution in [0, 0.1) is 0 Å². The van der Waals surface area contributed by atoms with Gasteiger partial charge in [-0.1, -0.05) is 54.6 Å². The van der Waals surface area contributed by atoms with Crippen LogP contribution >= 0.6 is 11.3 Å². The maximum Gasteiger partial charge on any atom is 0.465 e. The van der Waals surface area contributed by atoms with Gasteiger partial charge in [-0.25, -0.2) is 9.79 Å². The van der Waals surface area contributed by atoms with Crippen LogP contribution in [0.4, 0.5) is 13.2 Å². The molecule has 1 aliphatic rings. The van der Waals surface area contributed by atoms with Crippen LogP contribution in [-0.2, 0) is 11.3 Å². The number of rotatable bonds is 5. The van der Waals surface area contributed by atoms with Crippen molar-refractivity contribution in [2.24, 2.45) is 0 Å². The average molecular weight is 444 g/mol. The van der Waals surface area contributed by atoms with E-state index in [2.05, 4.69) is 4.99 Å². The first-order valence-electron chi connectivity index (χ1n) is 9.31. The first-order valence-corrected chi connectivity index (χ1v) is 10.2. The van der Waals surface area contributed by atoms with Crippen LogP contribution in [0.5, 0.6) is 0 Å². The molecule has 0 spiro atoms. The Labute approximate surface area is 179 Å². The van der Waals surface area contributed by atoms with Gasteiger partial charge in [0.05, 0.1) is 10.4 Å². The van der Waals surface area contributed by atoms with Crippen molar-refractivity contribution >= 4 is 29.0 Å². The molecule has 1 atom stereocenters. The van der Waals surface area contributed by atoms with Gasteiger partial charge in [0.1, 0.15) is 6.54 Å². The molecule has 0 fully saturated rings. The minimum atomic E-state index is -5.09. The summed E-state index contributed by atoms with van der Waals surface area (Å²) in [6.45, 7) is -0.0936. The minimum Gasteiger partial charge on any atom is -0.293 e. The molecular formula is C22H17F3N3O2S+. The van der Waals surface area contributed by atoms with Crippen LogP contribution in [-0.4, -0.2) is 34.4 Å². The molecule has 0 saturated heterocycles. The molecule has 31 heavy (non-hydrogen) atoms. The second kappa shape index (κ2) is 7.99. The number of amidine groups is 1. The molecule has 1 aliphatic heterocycles. The summed E-state index contributed by atoms with van der Waals surface area (Å²) in [6, 6.07) is 19.9. The van der Waals surface area contributed by atoms with Crippen LogP contribution in [0.15, 0.2) is 78.2 Å². The van der Waals surface area contributed by atoms with Gasteiger partial charge in [-0.2, -0.15) is 18.1 Å². The molecule has 1 aromatic heterocycles. The Hall–Kier alpha value is -3.46. The van der Waals surface area contributed by atoms with Crippen molar-refractivity contribution in [2.75, 3.05) is 0 Å². The maximum atomic E-state index is 14.3. The molecule has 2 N–H and O–H groups in total. The number of amides is 2. The zero-order chi connectivity index (χ0) is 22.1. The third-order valence-corrected chi connectivity index (χ3v) is 5.71. The average Bonchev–Trinajstić information content (AvgIpc) is 3.38. The Morgan fingerprint density at radius 2 is 1.65 bits per heavy atom. The van der Waals surface area contributed by atoms with Gasteiger partial charge >= 0.3 is 17.7 Å². The van der Waals surface area contributed by atoms with Gasteiger partial charge in [-0.05, 0) is 29.1 Å². The van der Waals surface area contributed by atoms with Gasteiger partial charge in [-0.15, -0.1) is 11.3 Å². The predicted octanol–water partition coefficient (Wildman–Crippen LogP) is 2.31. The third kappa shape index (κ3) is 3.84. The summed E-state index contributed by atoms with van der Waals surface area (Å²) in [5, 5.41) is 3.50. The molecule has 0 saturated carbocycles. The van der Waals surface area contributed by atoms with Crippen molar-refractivity contribution in [3.63, 3.8) is 0 Å². The third-order valence-electron chi connectivity index (χ3n) is 4.84. The Balaban J connectivity index is 1.81. The number of carbonyl (C=O) groups excluding carboxylic acids is 2. The Morgan fingerprint density at radius 1 is 1.00 bits per heavy atom. The summed E-state index contributed by atoms with van der Waals surface area (Å²) >= 11 is 0.987. The number of thiophene rings is 1. The predicted molar refractivity (Wildman–Crippen MR) is 109 cm³/mol. The fourth-order valence-corrected chi connectivity index (χ4v) is 3.95. The molecule has 2 heterocycles. The molecule has 2 aromatic carbocycles.